The van der Waals surface area contributed by atoms with E-state index in [-0.39, 0.29) is 5.91 Å². The maximum atomic E-state index is 11.9. The second-order valence-electron chi connectivity index (χ2n) is 6.03. The summed E-state index contributed by atoms with van der Waals surface area (Å²) in [5.41, 5.74) is 0. The van der Waals surface area contributed by atoms with Crippen molar-refractivity contribution in [3.05, 3.63) is 0 Å². The smallest absolute Gasteiger partial charge is 0.220 e. The summed E-state index contributed by atoms with van der Waals surface area (Å²) in [6, 6.07) is 0. The van der Waals surface area contributed by atoms with E-state index in [2.05, 4.69) is 28.2 Å². The molecule has 2 saturated carbocycles. The van der Waals surface area contributed by atoms with Crippen molar-refractivity contribution in [2.24, 2.45) is 23.7 Å². The Balaban J connectivity index is 1.64. The van der Waals surface area contributed by atoms with Crippen molar-refractivity contribution in [1.29, 1.82) is 0 Å². The van der Waals surface area contributed by atoms with Gasteiger partial charge in [-0.3, -0.25) is 4.79 Å². The van der Waals surface area contributed by atoms with Gasteiger partial charge in [0.25, 0.3) is 0 Å². The number of carbonyl (C=O) groups is 1. The Morgan fingerprint density at radius 2 is 2.24 bits per heavy atom. The highest BCUT2D eigenvalue weighted by atomic mass is 79.9. The Morgan fingerprint density at radius 3 is 2.82 bits per heavy atom. The summed E-state index contributed by atoms with van der Waals surface area (Å²) in [5, 5.41) is 4.12. The van der Waals surface area contributed by atoms with Crippen LogP contribution in [0.2, 0.25) is 0 Å². The molecule has 98 valence electrons. The third-order valence-electron chi connectivity index (χ3n) is 4.58. The normalized spacial score (nSPS) is 32.7. The van der Waals surface area contributed by atoms with Crippen molar-refractivity contribution in [1.82, 2.24) is 5.32 Å². The van der Waals surface area contributed by atoms with Crippen LogP contribution in [0.3, 0.4) is 0 Å². The van der Waals surface area contributed by atoms with Gasteiger partial charge in [-0.1, -0.05) is 29.3 Å². The molecule has 17 heavy (non-hydrogen) atoms. The highest BCUT2D eigenvalue weighted by Crippen LogP contribution is 2.49. The highest BCUT2D eigenvalue weighted by Gasteiger charge is 2.39. The zero-order chi connectivity index (χ0) is 12.3. The highest BCUT2D eigenvalue weighted by molar-refractivity contribution is 9.09. The number of carbonyl (C=O) groups excluding carboxylic acids is 1. The van der Waals surface area contributed by atoms with Gasteiger partial charge in [0.05, 0.1) is 0 Å². The number of rotatable bonds is 6. The van der Waals surface area contributed by atoms with Gasteiger partial charge in [0.15, 0.2) is 0 Å². The minimum Gasteiger partial charge on any atom is -0.356 e. The average Bonchev–Trinajstić information content (AvgIpc) is 2.88. The lowest BCUT2D eigenvalue weighted by atomic mass is 9.86. The molecule has 2 bridgehead atoms. The predicted octanol–water partition coefficient (Wildman–Crippen LogP) is 3.35. The molecule has 3 heteroatoms. The molecular formula is C14H24BrNO. The number of alkyl halides is 1. The largest absolute Gasteiger partial charge is 0.356 e. The molecule has 2 fully saturated rings. The first-order valence-electron chi connectivity index (χ1n) is 7.01. The molecule has 0 aromatic heterocycles. The second-order valence-corrected chi connectivity index (χ2v) is 6.82. The molecular weight excluding hydrogens is 278 g/mol. The zero-order valence-electron chi connectivity index (χ0n) is 10.8. The van der Waals surface area contributed by atoms with Crippen molar-refractivity contribution < 1.29 is 4.79 Å². The van der Waals surface area contributed by atoms with Crippen molar-refractivity contribution in [2.75, 3.05) is 11.9 Å². The maximum Gasteiger partial charge on any atom is 0.220 e. The van der Waals surface area contributed by atoms with Gasteiger partial charge < -0.3 is 5.32 Å². The van der Waals surface area contributed by atoms with E-state index in [1.165, 1.54) is 25.7 Å². The van der Waals surface area contributed by atoms with E-state index in [0.717, 1.165) is 36.6 Å². The van der Waals surface area contributed by atoms with E-state index in [1.807, 2.05) is 0 Å². The van der Waals surface area contributed by atoms with Gasteiger partial charge in [-0.15, -0.1) is 0 Å². The minimum atomic E-state index is 0.281. The Hall–Kier alpha value is -0.0500. The lowest BCUT2D eigenvalue weighted by molar-refractivity contribution is -0.122. The fourth-order valence-corrected chi connectivity index (χ4v) is 4.29. The quantitative estimate of drug-likeness (QED) is 0.749. The molecule has 0 heterocycles. The molecule has 2 aliphatic rings. The molecule has 0 radical (unpaired) electrons. The molecule has 0 saturated heterocycles. The van der Waals surface area contributed by atoms with Gasteiger partial charge in [-0.2, -0.15) is 0 Å². The third kappa shape index (κ3) is 3.70. The molecule has 2 aliphatic carbocycles. The summed E-state index contributed by atoms with van der Waals surface area (Å²) in [5.74, 6) is 3.37. The molecule has 0 spiro atoms. The lowest BCUT2D eigenvalue weighted by Gasteiger charge is -2.21. The molecule has 0 aliphatic heterocycles. The number of hydrogen-bond donors (Lipinski definition) is 1. The van der Waals surface area contributed by atoms with Crippen LogP contribution < -0.4 is 5.32 Å². The SMILES string of the molecule is CC(CCBr)CNC(=O)CC1CC2CCC1C2. The molecule has 1 N–H and O–H groups in total. The molecule has 4 unspecified atom stereocenters. The van der Waals surface area contributed by atoms with Crippen molar-refractivity contribution >= 4 is 21.8 Å². The minimum absolute atomic E-state index is 0.281. The number of nitrogens with one attached hydrogen (secondary N) is 1. The van der Waals surface area contributed by atoms with Crippen LogP contribution in [0.4, 0.5) is 0 Å². The summed E-state index contributed by atoms with van der Waals surface area (Å²) in [6.45, 7) is 3.03. The van der Waals surface area contributed by atoms with E-state index in [1.54, 1.807) is 0 Å². The van der Waals surface area contributed by atoms with Crippen LogP contribution >= 0.6 is 15.9 Å². The van der Waals surface area contributed by atoms with Crippen molar-refractivity contribution in [2.45, 2.75) is 45.4 Å². The van der Waals surface area contributed by atoms with Crippen LogP contribution in [0.25, 0.3) is 0 Å². The summed E-state index contributed by atoms with van der Waals surface area (Å²) < 4.78 is 0. The summed E-state index contributed by atoms with van der Waals surface area (Å²) in [4.78, 5) is 11.9. The lowest BCUT2D eigenvalue weighted by Crippen LogP contribution is -2.30. The first-order valence-corrected chi connectivity index (χ1v) is 8.13. The summed E-state index contributed by atoms with van der Waals surface area (Å²) in [6.07, 6.45) is 7.43. The Labute approximate surface area is 113 Å². The van der Waals surface area contributed by atoms with Crippen LogP contribution in [0.15, 0.2) is 0 Å². The molecule has 0 aromatic carbocycles. The van der Waals surface area contributed by atoms with Crippen LogP contribution in [-0.4, -0.2) is 17.8 Å². The Bertz CT molecular complexity index is 269. The molecule has 1 amide bonds. The van der Waals surface area contributed by atoms with Gasteiger partial charge >= 0.3 is 0 Å². The third-order valence-corrected chi connectivity index (χ3v) is 5.04. The van der Waals surface area contributed by atoms with Crippen LogP contribution in [0.1, 0.15) is 45.4 Å². The van der Waals surface area contributed by atoms with Gasteiger partial charge in [-0.25, -0.2) is 0 Å². The zero-order valence-corrected chi connectivity index (χ0v) is 12.3. The standard InChI is InChI=1S/C14H24BrNO/c1-10(4-5-15)9-16-14(17)8-13-7-11-2-3-12(13)6-11/h10-13H,2-9H2,1H3,(H,16,17). The number of halogens is 1. The van der Waals surface area contributed by atoms with Gasteiger partial charge in [0.2, 0.25) is 5.91 Å². The monoisotopic (exact) mass is 301 g/mol. The molecule has 0 aromatic rings. The van der Waals surface area contributed by atoms with E-state index in [0.29, 0.717) is 11.8 Å². The van der Waals surface area contributed by atoms with Crippen molar-refractivity contribution in [3.63, 3.8) is 0 Å². The van der Waals surface area contributed by atoms with E-state index >= 15 is 0 Å². The Kier molecular flexibility index (Phi) is 4.89. The number of fused-ring (bicyclic) bond motifs is 2. The van der Waals surface area contributed by atoms with Gasteiger partial charge in [-0.05, 0) is 49.4 Å². The van der Waals surface area contributed by atoms with Crippen molar-refractivity contribution in [3.8, 4) is 0 Å². The van der Waals surface area contributed by atoms with E-state index in [4.69, 9.17) is 0 Å². The topological polar surface area (TPSA) is 29.1 Å². The first kappa shape index (κ1) is 13.4. The predicted molar refractivity (Wildman–Crippen MR) is 74.1 cm³/mol. The van der Waals surface area contributed by atoms with Crippen LogP contribution in [0, 0.1) is 23.7 Å². The average molecular weight is 302 g/mol. The summed E-state index contributed by atoms with van der Waals surface area (Å²) >= 11 is 3.44. The molecule has 4 atom stereocenters. The second kappa shape index (κ2) is 6.21. The van der Waals surface area contributed by atoms with Gasteiger partial charge in [0.1, 0.15) is 0 Å². The number of hydrogen-bond acceptors (Lipinski definition) is 1. The van der Waals surface area contributed by atoms with E-state index < -0.39 is 0 Å². The fourth-order valence-electron chi connectivity index (χ4n) is 3.51. The van der Waals surface area contributed by atoms with Crippen LogP contribution in [-0.2, 0) is 4.79 Å². The summed E-state index contributed by atoms with van der Waals surface area (Å²) in [7, 11) is 0. The fraction of sp³-hybridized carbons (Fsp3) is 0.929. The molecule has 2 nitrogen and oxygen atoms in total. The Morgan fingerprint density at radius 1 is 1.41 bits per heavy atom. The molecule has 2 rings (SSSR count). The maximum absolute atomic E-state index is 11.9. The van der Waals surface area contributed by atoms with Gasteiger partial charge in [0, 0.05) is 18.3 Å². The van der Waals surface area contributed by atoms with E-state index in [9.17, 15) is 4.79 Å². The first-order chi connectivity index (χ1) is 8.19. The van der Waals surface area contributed by atoms with Crippen LogP contribution in [0.5, 0.6) is 0 Å². The number of amides is 1.